The van der Waals surface area contributed by atoms with Gasteiger partial charge < -0.3 is 9.69 Å². The van der Waals surface area contributed by atoms with Crippen molar-refractivity contribution in [3.63, 3.8) is 0 Å². The molecule has 2 aromatic carbocycles. The molecule has 0 N–H and O–H groups in total. The van der Waals surface area contributed by atoms with Gasteiger partial charge in [-0.3, -0.25) is 4.79 Å². The molecule has 0 atom stereocenters. The Bertz CT molecular complexity index is 787. The average molecular weight is 422 g/mol. The van der Waals surface area contributed by atoms with E-state index < -0.39 is 0 Å². The first-order valence-corrected chi connectivity index (χ1v) is 11.9. The van der Waals surface area contributed by atoms with Crippen molar-refractivity contribution >= 4 is 17.9 Å². The molecule has 168 valence electrons. The fraction of sp³-hybridized carbons (Fsp3) is 0.500. The molecule has 0 unspecified atom stereocenters. The van der Waals surface area contributed by atoms with Crippen LogP contribution < -0.4 is 4.90 Å². The number of amides is 1. The standard InChI is InChI=1S/C26H35NO.C2H4O/c1-4-6-7-20-8-10-21(11-9-20)22-12-14-23(15-13-22)24-16-18-25(19-17-24)27(3)26(28)5-2;1-2-3/h12-21H,4-11H2,1-3H3;2H,1H3. The zero-order chi connectivity index (χ0) is 22.6. The van der Waals surface area contributed by atoms with Gasteiger partial charge in [0, 0.05) is 19.2 Å². The van der Waals surface area contributed by atoms with Gasteiger partial charge in [0.25, 0.3) is 0 Å². The molecule has 0 radical (unpaired) electrons. The zero-order valence-electron chi connectivity index (χ0n) is 19.8. The Morgan fingerprint density at radius 2 is 1.45 bits per heavy atom. The third-order valence-electron chi connectivity index (χ3n) is 6.46. The molecule has 1 amide bonds. The molecule has 2 aromatic rings. The first-order chi connectivity index (χ1) is 15.0. The molecule has 0 spiro atoms. The van der Waals surface area contributed by atoms with Gasteiger partial charge in [0.05, 0.1) is 0 Å². The second-order valence-corrected chi connectivity index (χ2v) is 8.57. The number of carbonyl (C=O) groups is 2. The van der Waals surface area contributed by atoms with Crippen molar-refractivity contribution in [3.8, 4) is 11.1 Å². The van der Waals surface area contributed by atoms with Crippen LogP contribution in [0.1, 0.15) is 83.6 Å². The van der Waals surface area contributed by atoms with Crippen molar-refractivity contribution < 1.29 is 9.59 Å². The predicted octanol–water partition coefficient (Wildman–Crippen LogP) is 7.40. The maximum atomic E-state index is 11.9. The van der Waals surface area contributed by atoms with Crippen LogP contribution in [0.4, 0.5) is 5.69 Å². The molecule has 0 heterocycles. The molecule has 3 nitrogen and oxygen atoms in total. The Labute approximate surface area is 188 Å². The van der Waals surface area contributed by atoms with Gasteiger partial charge in [-0.25, -0.2) is 0 Å². The van der Waals surface area contributed by atoms with Crippen molar-refractivity contribution in [1.29, 1.82) is 0 Å². The van der Waals surface area contributed by atoms with Crippen molar-refractivity contribution in [2.45, 2.75) is 78.1 Å². The van der Waals surface area contributed by atoms with E-state index in [4.69, 9.17) is 4.79 Å². The molecular formula is C28H39NO2. The van der Waals surface area contributed by atoms with Crippen molar-refractivity contribution in [1.82, 2.24) is 0 Å². The number of hydrogen-bond donors (Lipinski definition) is 0. The summed E-state index contributed by atoms with van der Waals surface area (Å²) in [5.41, 5.74) is 4.90. The molecule has 0 aromatic heterocycles. The Morgan fingerprint density at radius 3 is 1.94 bits per heavy atom. The van der Waals surface area contributed by atoms with Crippen LogP contribution in [0.2, 0.25) is 0 Å². The highest BCUT2D eigenvalue weighted by Gasteiger charge is 2.21. The van der Waals surface area contributed by atoms with E-state index in [1.165, 1.54) is 68.6 Å². The fourth-order valence-corrected chi connectivity index (χ4v) is 4.48. The van der Waals surface area contributed by atoms with Gasteiger partial charge >= 0.3 is 0 Å². The lowest BCUT2D eigenvalue weighted by Gasteiger charge is -2.29. The van der Waals surface area contributed by atoms with E-state index in [-0.39, 0.29) is 5.91 Å². The van der Waals surface area contributed by atoms with E-state index in [1.807, 2.05) is 26.1 Å². The number of benzene rings is 2. The molecule has 31 heavy (non-hydrogen) atoms. The molecule has 1 aliphatic rings. The van der Waals surface area contributed by atoms with E-state index in [9.17, 15) is 4.79 Å². The monoisotopic (exact) mass is 421 g/mol. The van der Waals surface area contributed by atoms with Crippen molar-refractivity contribution in [2.24, 2.45) is 5.92 Å². The number of rotatable bonds is 7. The van der Waals surface area contributed by atoms with Gasteiger partial charge in [0.15, 0.2) is 0 Å². The van der Waals surface area contributed by atoms with Crippen LogP contribution in [-0.4, -0.2) is 19.2 Å². The number of unbranched alkanes of at least 4 members (excludes halogenated alkanes) is 1. The minimum Gasteiger partial charge on any atom is -0.316 e. The third kappa shape index (κ3) is 7.34. The molecule has 1 aliphatic carbocycles. The quantitative estimate of drug-likeness (QED) is 0.437. The molecule has 1 fully saturated rings. The number of carbonyl (C=O) groups excluding carboxylic acids is 2. The summed E-state index contributed by atoms with van der Waals surface area (Å²) in [5, 5.41) is 0. The van der Waals surface area contributed by atoms with Crippen LogP contribution in [0.25, 0.3) is 11.1 Å². The lowest BCUT2D eigenvalue weighted by molar-refractivity contribution is -0.118. The average Bonchev–Trinajstić information content (AvgIpc) is 2.83. The summed E-state index contributed by atoms with van der Waals surface area (Å²) in [7, 11) is 1.84. The minimum absolute atomic E-state index is 0.140. The Balaban J connectivity index is 0.00000107. The summed E-state index contributed by atoms with van der Waals surface area (Å²) in [6.07, 6.45) is 10.9. The highest BCUT2D eigenvalue weighted by Crippen LogP contribution is 2.38. The summed E-state index contributed by atoms with van der Waals surface area (Å²) in [6, 6.07) is 17.5. The SMILES string of the molecule is CC=O.CCCCC1CCC(c2ccc(-c3ccc(N(C)C(=O)CC)cc3)cc2)CC1. The molecule has 0 bridgehead atoms. The summed E-state index contributed by atoms with van der Waals surface area (Å²) in [4.78, 5) is 22.4. The van der Waals surface area contributed by atoms with Gasteiger partial charge in [-0.05, 0) is 73.3 Å². The van der Waals surface area contributed by atoms with Gasteiger partial charge in [-0.2, -0.15) is 0 Å². The molecule has 0 saturated heterocycles. The lowest BCUT2D eigenvalue weighted by atomic mass is 9.77. The highest BCUT2D eigenvalue weighted by molar-refractivity contribution is 5.92. The minimum atomic E-state index is 0.140. The van der Waals surface area contributed by atoms with Gasteiger partial charge in [0.1, 0.15) is 6.29 Å². The van der Waals surface area contributed by atoms with E-state index >= 15 is 0 Å². The predicted molar refractivity (Wildman–Crippen MR) is 132 cm³/mol. The van der Waals surface area contributed by atoms with Crippen LogP contribution in [-0.2, 0) is 9.59 Å². The molecule has 3 heteroatoms. The Morgan fingerprint density at radius 1 is 0.935 bits per heavy atom. The Kier molecular flexibility index (Phi) is 10.5. The number of aldehydes is 1. The van der Waals surface area contributed by atoms with Crippen LogP contribution in [0.3, 0.4) is 0 Å². The maximum absolute atomic E-state index is 11.9. The largest absolute Gasteiger partial charge is 0.316 e. The number of nitrogens with zero attached hydrogens (tertiary/aromatic N) is 1. The van der Waals surface area contributed by atoms with E-state index in [2.05, 4.69) is 43.3 Å². The molecule has 0 aliphatic heterocycles. The van der Waals surface area contributed by atoms with Crippen LogP contribution in [0.15, 0.2) is 48.5 Å². The summed E-state index contributed by atoms with van der Waals surface area (Å²) >= 11 is 0. The maximum Gasteiger partial charge on any atom is 0.226 e. The topological polar surface area (TPSA) is 37.4 Å². The van der Waals surface area contributed by atoms with Crippen molar-refractivity contribution in [2.75, 3.05) is 11.9 Å². The molecule has 3 rings (SSSR count). The van der Waals surface area contributed by atoms with E-state index in [0.717, 1.165) is 23.8 Å². The first-order valence-electron chi connectivity index (χ1n) is 11.9. The molecule has 1 saturated carbocycles. The summed E-state index contributed by atoms with van der Waals surface area (Å²) in [6.45, 7) is 5.64. The van der Waals surface area contributed by atoms with Crippen LogP contribution in [0.5, 0.6) is 0 Å². The van der Waals surface area contributed by atoms with Crippen LogP contribution >= 0.6 is 0 Å². The van der Waals surface area contributed by atoms with Crippen LogP contribution in [0, 0.1) is 5.92 Å². The number of anilines is 1. The smallest absolute Gasteiger partial charge is 0.226 e. The van der Waals surface area contributed by atoms with Gasteiger partial charge in [-0.15, -0.1) is 0 Å². The third-order valence-corrected chi connectivity index (χ3v) is 6.46. The fourth-order valence-electron chi connectivity index (χ4n) is 4.48. The second kappa shape index (κ2) is 13.1. The highest BCUT2D eigenvalue weighted by atomic mass is 16.2. The lowest BCUT2D eigenvalue weighted by Crippen LogP contribution is -2.24. The normalized spacial score (nSPS) is 17.9. The summed E-state index contributed by atoms with van der Waals surface area (Å²) < 4.78 is 0. The van der Waals surface area contributed by atoms with E-state index in [0.29, 0.717) is 6.42 Å². The van der Waals surface area contributed by atoms with Gasteiger partial charge in [-0.1, -0.05) is 69.5 Å². The first kappa shape index (κ1) is 24.8. The molecular weight excluding hydrogens is 382 g/mol. The zero-order valence-corrected chi connectivity index (χ0v) is 19.8. The van der Waals surface area contributed by atoms with Gasteiger partial charge in [0.2, 0.25) is 5.91 Å². The van der Waals surface area contributed by atoms with Crippen molar-refractivity contribution in [3.05, 3.63) is 54.1 Å². The second-order valence-electron chi connectivity index (χ2n) is 8.57. The number of hydrogen-bond acceptors (Lipinski definition) is 2. The van der Waals surface area contributed by atoms with E-state index in [1.54, 1.807) is 4.90 Å². The summed E-state index contributed by atoms with van der Waals surface area (Å²) in [5.74, 6) is 1.84. The Hall–Kier alpha value is -2.42.